The van der Waals surface area contributed by atoms with Crippen molar-refractivity contribution in [2.45, 2.75) is 19.2 Å². The van der Waals surface area contributed by atoms with Gasteiger partial charge in [0.05, 0.1) is 6.54 Å². The molecule has 0 saturated carbocycles. The Hall–Kier alpha value is -2.74. The molecule has 1 atom stereocenters. The van der Waals surface area contributed by atoms with Crippen LogP contribution in [0, 0.1) is 5.82 Å². The minimum Gasteiger partial charge on any atom is -0.491 e. The smallest absolute Gasteiger partial charge is 0.123 e. The van der Waals surface area contributed by atoms with Crippen LogP contribution in [0.1, 0.15) is 11.4 Å². The molecular formula is C24H29FN4O2. The first kappa shape index (κ1) is 21.5. The zero-order valence-electron chi connectivity index (χ0n) is 17.6. The van der Waals surface area contributed by atoms with E-state index < -0.39 is 6.10 Å². The molecule has 1 N–H and O–H groups in total. The number of hydrogen-bond donors (Lipinski definition) is 1. The molecule has 0 amide bonds. The molecule has 1 aromatic heterocycles. The van der Waals surface area contributed by atoms with Gasteiger partial charge in [-0.05, 0) is 29.8 Å². The van der Waals surface area contributed by atoms with Gasteiger partial charge in [0.1, 0.15) is 30.1 Å². The van der Waals surface area contributed by atoms with E-state index in [2.05, 4.69) is 43.6 Å². The first-order valence-corrected chi connectivity index (χ1v) is 10.7. The standard InChI is InChI=1S/C24H29FN4O2/c25-21-6-8-23(9-7-21)31-19-22(30)17-27-12-14-28(15-13-27)18-24-26-10-11-29(24)16-20-4-2-1-3-5-20/h1-11,22,30H,12-19H2/t22-/m1/s1. The first-order valence-electron chi connectivity index (χ1n) is 10.7. The summed E-state index contributed by atoms with van der Waals surface area (Å²) in [4.78, 5) is 9.22. The van der Waals surface area contributed by atoms with Crippen molar-refractivity contribution in [1.29, 1.82) is 0 Å². The third-order valence-corrected chi connectivity index (χ3v) is 5.55. The van der Waals surface area contributed by atoms with Crippen molar-refractivity contribution in [2.24, 2.45) is 0 Å². The van der Waals surface area contributed by atoms with E-state index in [0.29, 0.717) is 12.3 Å². The van der Waals surface area contributed by atoms with E-state index in [9.17, 15) is 9.50 Å². The Labute approximate surface area is 182 Å². The lowest BCUT2D eigenvalue weighted by molar-refractivity contribution is 0.0439. The Morgan fingerprint density at radius 3 is 2.39 bits per heavy atom. The lowest BCUT2D eigenvalue weighted by Gasteiger charge is -2.35. The molecule has 1 aliphatic heterocycles. The summed E-state index contributed by atoms with van der Waals surface area (Å²) in [6.07, 6.45) is 3.32. The quantitative estimate of drug-likeness (QED) is 0.572. The average Bonchev–Trinajstić information content (AvgIpc) is 3.22. The van der Waals surface area contributed by atoms with Crippen LogP contribution in [-0.4, -0.2) is 69.9 Å². The summed E-state index contributed by atoms with van der Waals surface area (Å²) in [7, 11) is 0. The maximum Gasteiger partial charge on any atom is 0.123 e. The van der Waals surface area contributed by atoms with Crippen molar-refractivity contribution in [2.75, 3.05) is 39.3 Å². The van der Waals surface area contributed by atoms with E-state index in [4.69, 9.17) is 4.74 Å². The number of ether oxygens (including phenoxy) is 1. The Morgan fingerprint density at radius 1 is 0.935 bits per heavy atom. The summed E-state index contributed by atoms with van der Waals surface area (Å²) in [5.41, 5.74) is 1.27. The zero-order valence-corrected chi connectivity index (χ0v) is 17.6. The number of benzene rings is 2. The Bertz CT molecular complexity index is 924. The van der Waals surface area contributed by atoms with Gasteiger partial charge in [0.2, 0.25) is 0 Å². The van der Waals surface area contributed by atoms with Crippen LogP contribution in [0.5, 0.6) is 5.75 Å². The largest absolute Gasteiger partial charge is 0.491 e. The number of hydrogen-bond acceptors (Lipinski definition) is 5. The molecule has 164 valence electrons. The van der Waals surface area contributed by atoms with E-state index in [0.717, 1.165) is 45.1 Å². The molecule has 0 spiro atoms. The fourth-order valence-corrected chi connectivity index (χ4v) is 3.82. The molecule has 31 heavy (non-hydrogen) atoms. The second-order valence-corrected chi connectivity index (χ2v) is 7.95. The second kappa shape index (κ2) is 10.5. The summed E-state index contributed by atoms with van der Waals surface area (Å²) in [5, 5.41) is 10.3. The number of aliphatic hydroxyl groups excluding tert-OH is 1. The number of β-amino-alcohol motifs (C(OH)–C–C–N with tert-alkyl or cyclic N) is 1. The van der Waals surface area contributed by atoms with Gasteiger partial charge in [0.15, 0.2) is 0 Å². The van der Waals surface area contributed by atoms with Crippen LogP contribution < -0.4 is 4.74 Å². The maximum atomic E-state index is 12.9. The fourth-order valence-electron chi connectivity index (χ4n) is 3.82. The van der Waals surface area contributed by atoms with Crippen LogP contribution in [0.25, 0.3) is 0 Å². The van der Waals surface area contributed by atoms with Gasteiger partial charge < -0.3 is 14.4 Å². The number of nitrogens with zero attached hydrogens (tertiary/aromatic N) is 4. The summed E-state index contributed by atoms with van der Waals surface area (Å²) >= 11 is 0. The minimum atomic E-state index is -0.582. The predicted octanol–water partition coefficient (Wildman–Crippen LogP) is 2.63. The molecule has 1 aliphatic rings. The van der Waals surface area contributed by atoms with Crippen LogP contribution in [0.3, 0.4) is 0 Å². The van der Waals surface area contributed by atoms with Crippen molar-refractivity contribution in [3.8, 4) is 5.75 Å². The molecule has 3 aromatic rings. The average molecular weight is 425 g/mol. The number of halogens is 1. The molecule has 2 aromatic carbocycles. The van der Waals surface area contributed by atoms with E-state index in [-0.39, 0.29) is 12.4 Å². The fraction of sp³-hybridized carbons (Fsp3) is 0.375. The molecule has 0 bridgehead atoms. The van der Waals surface area contributed by atoms with Gasteiger partial charge in [-0.15, -0.1) is 0 Å². The highest BCUT2D eigenvalue weighted by atomic mass is 19.1. The SMILES string of the molecule is O[C@@H](COc1ccc(F)cc1)CN1CCN(Cc2nccn2Cc2ccccc2)CC1. The van der Waals surface area contributed by atoms with Gasteiger partial charge >= 0.3 is 0 Å². The van der Waals surface area contributed by atoms with Crippen LogP contribution in [0.15, 0.2) is 67.0 Å². The van der Waals surface area contributed by atoms with Crippen LogP contribution in [0.2, 0.25) is 0 Å². The number of piperazine rings is 1. The van der Waals surface area contributed by atoms with Crippen LogP contribution in [0.4, 0.5) is 4.39 Å². The highest BCUT2D eigenvalue weighted by Crippen LogP contribution is 2.13. The lowest BCUT2D eigenvalue weighted by Crippen LogP contribution is -2.49. The lowest BCUT2D eigenvalue weighted by atomic mass is 10.2. The van der Waals surface area contributed by atoms with Crippen LogP contribution >= 0.6 is 0 Å². The molecule has 0 radical (unpaired) electrons. The van der Waals surface area contributed by atoms with E-state index in [1.54, 1.807) is 12.1 Å². The maximum absolute atomic E-state index is 12.9. The zero-order chi connectivity index (χ0) is 21.5. The number of aromatic nitrogens is 2. The summed E-state index contributed by atoms with van der Waals surface area (Å²) in [6, 6.07) is 16.3. The van der Waals surface area contributed by atoms with Crippen molar-refractivity contribution in [1.82, 2.24) is 19.4 Å². The number of aliphatic hydroxyl groups is 1. The first-order chi connectivity index (χ1) is 15.2. The minimum absolute atomic E-state index is 0.197. The van der Waals surface area contributed by atoms with Crippen molar-refractivity contribution in [3.05, 3.63) is 84.2 Å². The topological polar surface area (TPSA) is 53.8 Å². The van der Waals surface area contributed by atoms with Crippen molar-refractivity contribution in [3.63, 3.8) is 0 Å². The summed E-state index contributed by atoms with van der Waals surface area (Å²) in [5.74, 6) is 1.34. The molecule has 1 fully saturated rings. The molecule has 7 heteroatoms. The highest BCUT2D eigenvalue weighted by molar-refractivity contribution is 5.22. The monoisotopic (exact) mass is 424 g/mol. The van der Waals surface area contributed by atoms with E-state index >= 15 is 0 Å². The normalized spacial score (nSPS) is 16.3. The molecule has 6 nitrogen and oxygen atoms in total. The Balaban J connectivity index is 1.20. The Kier molecular flexibility index (Phi) is 7.30. The second-order valence-electron chi connectivity index (χ2n) is 7.95. The molecular weight excluding hydrogens is 395 g/mol. The number of rotatable bonds is 9. The number of imidazole rings is 1. The predicted molar refractivity (Wildman–Crippen MR) is 117 cm³/mol. The van der Waals surface area contributed by atoms with Gasteiger partial charge in [0, 0.05) is 51.7 Å². The molecule has 0 aliphatic carbocycles. The van der Waals surface area contributed by atoms with Crippen molar-refractivity contribution < 1.29 is 14.2 Å². The summed E-state index contributed by atoms with van der Waals surface area (Å²) < 4.78 is 20.7. The third kappa shape index (κ3) is 6.37. The van der Waals surface area contributed by atoms with Gasteiger partial charge in [-0.3, -0.25) is 9.80 Å². The Morgan fingerprint density at radius 2 is 1.65 bits per heavy atom. The van der Waals surface area contributed by atoms with Gasteiger partial charge in [-0.25, -0.2) is 9.37 Å². The van der Waals surface area contributed by atoms with E-state index in [1.807, 2.05) is 18.5 Å². The van der Waals surface area contributed by atoms with Gasteiger partial charge in [-0.1, -0.05) is 30.3 Å². The molecule has 1 saturated heterocycles. The van der Waals surface area contributed by atoms with Crippen molar-refractivity contribution >= 4 is 0 Å². The van der Waals surface area contributed by atoms with E-state index in [1.165, 1.54) is 17.7 Å². The molecule has 2 heterocycles. The molecule has 4 rings (SSSR count). The summed E-state index contributed by atoms with van der Waals surface area (Å²) in [6.45, 7) is 6.08. The van der Waals surface area contributed by atoms with Crippen LogP contribution in [-0.2, 0) is 13.1 Å². The van der Waals surface area contributed by atoms with Gasteiger partial charge in [-0.2, -0.15) is 0 Å². The highest BCUT2D eigenvalue weighted by Gasteiger charge is 2.20. The third-order valence-electron chi connectivity index (χ3n) is 5.55. The molecule has 0 unspecified atom stereocenters. The van der Waals surface area contributed by atoms with Gasteiger partial charge in [0.25, 0.3) is 0 Å².